The van der Waals surface area contributed by atoms with Crippen LogP contribution in [0.4, 0.5) is 9.18 Å². The third kappa shape index (κ3) is 4.89. The Morgan fingerprint density at radius 2 is 1.90 bits per heavy atom. The number of hydrogen-bond donors (Lipinski definition) is 1. The smallest absolute Gasteiger partial charge is 0.293 e. The third-order valence-electron chi connectivity index (χ3n) is 4.19. The molecular weight excluding hydrogens is 393 g/mol. The van der Waals surface area contributed by atoms with Crippen molar-refractivity contribution < 1.29 is 18.8 Å². The normalized spacial score (nSPS) is 14.9. The van der Waals surface area contributed by atoms with Gasteiger partial charge in [0.1, 0.15) is 5.82 Å². The number of carbonyl (C=O) groups excluding carboxylic acids is 3. The predicted molar refractivity (Wildman–Crippen MR) is 107 cm³/mol. The summed E-state index contributed by atoms with van der Waals surface area (Å²) in [4.78, 5) is 37.9. The summed E-state index contributed by atoms with van der Waals surface area (Å²) in [5.41, 5.74) is 1.45. The van der Waals surface area contributed by atoms with Gasteiger partial charge in [-0.15, -0.1) is 0 Å². The van der Waals surface area contributed by atoms with Crippen molar-refractivity contribution in [1.29, 1.82) is 5.26 Å². The highest BCUT2D eigenvalue weighted by Crippen LogP contribution is 2.32. The second kappa shape index (κ2) is 9.17. The molecule has 1 N–H and O–H groups in total. The maximum atomic E-state index is 13.8. The summed E-state index contributed by atoms with van der Waals surface area (Å²) in [6.45, 7) is 0.0985. The van der Waals surface area contributed by atoms with Gasteiger partial charge in [-0.05, 0) is 41.6 Å². The van der Waals surface area contributed by atoms with Crippen molar-refractivity contribution in [3.8, 4) is 6.07 Å². The number of nitrogens with one attached hydrogen (secondary N) is 1. The lowest BCUT2D eigenvalue weighted by molar-refractivity contribution is -0.122. The lowest BCUT2D eigenvalue weighted by atomic mass is 10.1. The number of thioether (sulfide) groups is 1. The van der Waals surface area contributed by atoms with Gasteiger partial charge in [-0.25, -0.2) is 4.39 Å². The molecule has 0 bridgehead atoms. The van der Waals surface area contributed by atoms with Crippen molar-refractivity contribution in [3.63, 3.8) is 0 Å². The molecule has 1 fully saturated rings. The first-order valence-electron chi connectivity index (χ1n) is 8.73. The molecule has 3 rings (SSSR count). The molecule has 0 unspecified atom stereocenters. The van der Waals surface area contributed by atoms with E-state index in [4.69, 9.17) is 5.26 Å². The number of carbonyl (C=O) groups is 3. The van der Waals surface area contributed by atoms with Gasteiger partial charge in [0.05, 0.1) is 17.4 Å². The standard InChI is InChI=1S/C21H16FN3O3S/c22-17-4-2-1-3-16(17)13-18-20(27)25(21(28)29-18)12-11-24-19(26)15-7-5-14(6-8-15)9-10-23/h1-8,13H,9,11-12H2,(H,24,26)/b18-13-. The minimum atomic E-state index is -0.515. The molecule has 29 heavy (non-hydrogen) atoms. The summed E-state index contributed by atoms with van der Waals surface area (Å²) < 4.78 is 13.8. The molecule has 0 radical (unpaired) electrons. The van der Waals surface area contributed by atoms with Gasteiger partial charge in [-0.1, -0.05) is 30.3 Å². The van der Waals surface area contributed by atoms with Gasteiger partial charge in [0.15, 0.2) is 0 Å². The average molecular weight is 409 g/mol. The van der Waals surface area contributed by atoms with Crippen molar-refractivity contribution >= 4 is 34.9 Å². The van der Waals surface area contributed by atoms with Gasteiger partial charge >= 0.3 is 0 Å². The molecule has 0 saturated carbocycles. The van der Waals surface area contributed by atoms with Crippen molar-refractivity contribution in [2.24, 2.45) is 0 Å². The first-order valence-corrected chi connectivity index (χ1v) is 9.55. The molecule has 0 atom stereocenters. The van der Waals surface area contributed by atoms with Crippen LogP contribution in [0.3, 0.4) is 0 Å². The number of imide groups is 1. The van der Waals surface area contributed by atoms with Gasteiger partial charge in [-0.2, -0.15) is 5.26 Å². The first kappa shape index (κ1) is 20.3. The van der Waals surface area contributed by atoms with Crippen molar-refractivity contribution in [2.45, 2.75) is 6.42 Å². The number of hydrogen-bond acceptors (Lipinski definition) is 5. The third-order valence-corrected chi connectivity index (χ3v) is 5.09. The minimum Gasteiger partial charge on any atom is -0.350 e. The monoisotopic (exact) mass is 409 g/mol. The van der Waals surface area contributed by atoms with Crippen molar-refractivity contribution in [2.75, 3.05) is 13.1 Å². The number of halogens is 1. The van der Waals surface area contributed by atoms with Crippen LogP contribution in [0.25, 0.3) is 6.08 Å². The molecule has 146 valence electrons. The van der Waals surface area contributed by atoms with Gasteiger partial charge in [-0.3, -0.25) is 19.3 Å². The SMILES string of the molecule is N#CCc1ccc(C(=O)NCCN2C(=O)S/C(=C\c3ccccc3F)C2=O)cc1. The summed E-state index contributed by atoms with van der Waals surface area (Å²) >= 11 is 0.740. The quantitative estimate of drug-likeness (QED) is 0.739. The Morgan fingerprint density at radius 3 is 2.59 bits per heavy atom. The van der Waals surface area contributed by atoms with E-state index in [0.717, 1.165) is 22.2 Å². The molecule has 0 aliphatic carbocycles. The number of nitriles is 1. The van der Waals surface area contributed by atoms with Crippen LogP contribution in [-0.4, -0.2) is 35.0 Å². The van der Waals surface area contributed by atoms with Crippen LogP contribution >= 0.6 is 11.8 Å². The second-order valence-electron chi connectivity index (χ2n) is 6.14. The van der Waals surface area contributed by atoms with Gasteiger partial charge < -0.3 is 5.32 Å². The van der Waals surface area contributed by atoms with Crippen LogP contribution in [0.5, 0.6) is 0 Å². The molecule has 1 saturated heterocycles. The summed E-state index contributed by atoms with van der Waals surface area (Å²) in [6.07, 6.45) is 1.61. The summed E-state index contributed by atoms with van der Waals surface area (Å²) in [6, 6.07) is 14.6. The first-order chi connectivity index (χ1) is 14.0. The van der Waals surface area contributed by atoms with Crippen LogP contribution in [0, 0.1) is 17.1 Å². The highest BCUT2D eigenvalue weighted by Gasteiger charge is 2.34. The maximum absolute atomic E-state index is 13.8. The van der Waals surface area contributed by atoms with Crippen LogP contribution < -0.4 is 5.32 Å². The van der Waals surface area contributed by atoms with E-state index in [1.54, 1.807) is 30.3 Å². The lowest BCUT2D eigenvalue weighted by Crippen LogP contribution is -2.37. The number of amides is 3. The number of rotatable bonds is 6. The van der Waals surface area contributed by atoms with Gasteiger partial charge in [0.2, 0.25) is 0 Å². The fourth-order valence-electron chi connectivity index (χ4n) is 2.67. The van der Waals surface area contributed by atoms with Gasteiger partial charge in [0, 0.05) is 24.2 Å². The second-order valence-corrected chi connectivity index (χ2v) is 7.14. The molecule has 8 heteroatoms. The molecule has 3 amide bonds. The Morgan fingerprint density at radius 1 is 1.17 bits per heavy atom. The maximum Gasteiger partial charge on any atom is 0.293 e. The number of benzene rings is 2. The van der Waals surface area contributed by atoms with E-state index in [2.05, 4.69) is 5.32 Å². The Bertz CT molecular complexity index is 1030. The van der Waals surface area contributed by atoms with E-state index in [1.807, 2.05) is 6.07 Å². The molecule has 0 spiro atoms. The zero-order valence-electron chi connectivity index (χ0n) is 15.2. The van der Waals surface area contributed by atoms with Crippen LogP contribution in [0.15, 0.2) is 53.4 Å². The topological polar surface area (TPSA) is 90.3 Å². The van der Waals surface area contributed by atoms with E-state index < -0.39 is 17.0 Å². The summed E-state index contributed by atoms with van der Waals surface area (Å²) in [5, 5.41) is 10.9. The Labute approximate surface area is 171 Å². The van der Waals surface area contributed by atoms with E-state index in [-0.39, 0.29) is 35.9 Å². The Hall–Kier alpha value is -3.44. The highest BCUT2D eigenvalue weighted by molar-refractivity contribution is 8.18. The molecule has 1 heterocycles. The molecule has 1 aliphatic rings. The van der Waals surface area contributed by atoms with E-state index in [1.165, 1.54) is 24.3 Å². The molecule has 0 aromatic heterocycles. The van der Waals surface area contributed by atoms with Crippen molar-refractivity contribution in [1.82, 2.24) is 10.2 Å². The fraction of sp³-hybridized carbons (Fsp3) is 0.143. The molecule has 2 aromatic rings. The number of nitrogens with zero attached hydrogens (tertiary/aromatic N) is 2. The Balaban J connectivity index is 1.57. The van der Waals surface area contributed by atoms with E-state index in [9.17, 15) is 18.8 Å². The predicted octanol–water partition coefficient (Wildman–Crippen LogP) is 3.36. The molecular formula is C21H16FN3O3S. The fourth-order valence-corrected chi connectivity index (χ4v) is 3.53. The highest BCUT2D eigenvalue weighted by atomic mass is 32.2. The van der Waals surface area contributed by atoms with Crippen LogP contribution in [-0.2, 0) is 11.2 Å². The van der Waals surface area contributed by atoms with Gasteiger partial charge in [0.25, 0.3) is 17.1 Å². The van der Waals surface area contributed by atoms with Crippen LogP contribution in [0.2, 0.25) is 0 Å². The van der Waals surface area contributed by atoms with Crippen molar-refractivity contribution in [3.05, 3.63) is 75.9 Å². The zero-order chi connectivity index (χ0) is 20.8. The lowest BCUT2D eigenvalue weighted by Gasteiger charge is -2.13. The largest absolute Gasteiger partial charge is 0.350 e. The zero-order valence-corrected chi connectivity index (χ0v) is 16.0. The van der Waals surface area contributed by atoms with Crippen LogP contribution in [0.1, 0.15) is 21.5 Å². The van der Waals surface area contributed by atoms with E-state index in [0.29, 0.717) is 5.56 Å². The molecule has 1 aliphatic heterocycles. The minimum absolute atomic E-state index is 0.0114. The molecule has 6 nitrogen and oxygen atoms in total. The van der Waals surface area contributed by atoms with E-state index >= 15 is 0 Å². The summed E-state index contributed by atoms with van der Waals surface area (Å²) in [5.74, 6) is -1.34. The average Bonchev–Trinajstić information content (AvgIpc) is 2.98. The summed E-state index contributed by atoms with van der Waals surface area (Å²) in [7, 11) is 0. The Kier molecular flexibility index (Phi) is 6.42. The molecule has 2 aromatic carbocycles.